The van der Waals surface area contributed by atoms with Crippen LogP contribution in [0.25, 0.3) is 0 Å². The molecule has 0 atom stereocenters. The van der Waals surface area contributed by atoms with Crippen molar-refractivity contribution in [1.29, 1.82) is 0 Å². The van der Waals surface area contributed by atoms with E-state index in [1.165, 1.54) is 0 Å². The fraction of sp³-hybridized carbons (Fsp3) is 1.00. The molecule has 4 nitrogen and oxygen atoms in total. The van der Waals surface area contributed by atoms with E-state index in [0.717, 1.165) is 0 Å². The maximum Gasteiger partial charge on any atom is 0.139 e. The lowest BCUT2D eigenvalue weighted by molar-refractivity contribution is 0.172. The largest absolute Gasteiger partial charge is 0.264 e. The molecule has 8 heavy (non-hydrogen) atoms. The zero-order chi connectivity index (χ0) is 6.20. The Morgan fingerprint density at radius 2 is 2.12 bits per heavy atom. The Balaban J connectivity index is 2.64. The predicted molar refractivity (Wildman–Crippen MR) is 29.8 cm³/mol. The second kappa shape index (κ2) is 1.34. The van der Waals surface area contributed by atoms with Crippen molar-refractivity contribution < 1.29 is 0 Å². The van der Waals surface area contributed by atoms with Crippen LogP contribution in [0.3, 0.4) is 0 Å². The Morgan fingerprint density at radius 1 is 1.50 bits per heavy atom. The molecule has 0 aromatic rings. The van der Waals surface area contributed by atoms with Crippen molar-refractivity contribution in [1.82, 2.24) is 10.4 Å². The first-order chi connectivity index (χ1) is 3.63. The summed E-state index contributed by atoms with van der Waals surface area (Å²) in [5.41, 5.74) is 2.73. The first kappa shape index (κ1) is 5.34. The van der Waals surface area contributed by atoms with Gasteiger partial charge in [0, 0.05) is 7.05 Å². The highest BCUT2D eigenvalue weighted by Gasteiger charge is 2.25. The van der Waals surface area contributed by atoms with E-state index in [2.05, 4.69) is 15.9 Å². The van der Waals surface area contributed by atoms with Gasteiger partial charge in [0.15, 0.2) is 0 Å². The monoisotopic (exact) mass is 114 g/mol. The van der Waals surface area contributed by atoms with Crippen molar-refractivity contribution >= 4 is 0 Å². The Hall–Kier alpha value is -0.800. The lowest BCUT2D eigenvalue weighted by atomic mass is 10.3. The van der Waals surface area contributed by atoms with Crippen LogP contribution in [0.4, 0.5) is 0 Å². The Labute approximate surface area is 48.5 Å². The SMILES string of the molecule is CN1N=NNC1(C)C. The highest BCUT2D eigenvalue weighted by molar-refractivity contribution is 4.73. The molecule has 1 heterocycles. The van der Waals surface area contributed by atoms with Crippen molar-refractivity contribution in [3.05, 3.63) is 0 Å². The molecule has 1 aliphatic rings. The molecule has 1 aliphatic heterocycles. The fourth-order valence-electron chi connectivity index (χ4n) is 0.396. The van der Waals surface area contributed by atoms with Crippen molar-refractivity contribution in [2.24, 2.45) is 10.4 Å². The summed E-state index contributed by atoms with van der Waals surface area (Å²) < 4.78 is 0. The summed E-state index contributed by atoms with van der Waals surface area (Å²) in [5, 5.41) is 9.12. The summed E-state index contributed by atoms with van der Waals surface area (Å²) in [6.45, 7) is 4.01. The molecule has 0 fully saturated rings. The van der Waals surface area contributed by atoms with Gasteiger partial charge in [-0.25, -0.2) is 0 Å². The van der Waals surface area contributed by atoms with Crippen LogP contribution in [0.15, 0.2) is 10.4 Å². The standard InChI is InChI=1S/C4H10N4/c1-4(2)5-6-7-8(4)3/h1-3H3,(H,5,7). The number of nitrogens with one attached hydrogen (secondary N) is 1. The van der Waals surface area contributed by atoms with Gasteiger partial charge >= 0.3 is 0 Å². The third kappa shape index (κ3) is 0.616. The fourth-order valence-corrected chi connectivity index (χ4v) is 0.396. The van der Waals surface area contributed by atoms with E-state index in [1.54, 1.807) is 5.01 Å². The normalized spacial score (nSPS) is 23.6. The maximum absolute atomic E-state index is 3.74. The van der Waals surface area contributed by atoms with Crippen LogP contribution in [-0.4, -0.2) is 17.7 Å². The smallest absolute Gasteiger partial charge is 0.139 e. The van der Waals surface area contributed by atoms with Crippen LogP contribution in [-0.2, 0) is 0 Å². The molecule has 0 saturated carbocycles. The Morgan fingerprint density at radius 3 is 2.25 bits per heavy atom. The van der Waals surface area contributed by atoms with Gasteiger partial charge in [-0.1, -0.05) is 10.4 Å². The Kier molecular flexibility index (Phi) is 0.892. The zero-order valence-electron chi connectivity index (χ0n) is 5.34. The number of nitrogens with zero attached hydrogens (tertiary/aromatic N) is 3. The average molecular weight is 114 g/mol. The van der Waals surface area contributed by atoms with E-state index in [4.69, 9.17) is 0 Å². The summed E-state index contributed by atoms with van der Waals surface area (Å²) in [6.07, 6.45) is 0. The molecular weight excluding hydrogens is 104 g/mol. The molecule has 0 aliphatic carbocycles. The molecular formula is C4H10N4. The summed E-state index contributed by atoms with van der Waals surface area (Å²) in [6, 6.07) is 0. The number of hydrogen-bond acceptors (Lipinski definition) is 4. The maximum atomic E-state index is 3.74. The lowest BCUT2D eigenvalue weighted by Crippen LogP contribution is -2.43. The van der Waals surface area contributed by atoms with Crippen LogP contribution >= 0.6 is 0 Å². The van der Waals surface area contributed by atoms with Gasteiger partial charge < -0.3 is 0 Å². The second-order valence-electron chi connectivity index (χ2n) is 2.38. The molecule has 0 amide bonds. The average Bonchev–Trinajstić information content (AvgIpc) is 1.86. The molecule has 0 bridgehead atoms. The van der Waals surface area contributed by atoms with Gasteiger partial charge in [-0.2, -0.15) is 0 Å². The molecule has 0 aromatic heterocycles. The minimum atomic E-state index is -0.0972. The second-order valence-corrected chi connectivity index (χ2v) is 2.38. The highest BCUT2D eigenvalue weighted by Crippen LogP contribution is 2.12. The van der Waals surface area contributed by atoms with Gasteiger partial charge in [0.05, 0.1) is 0 Å². The molecule has 46 valence electrons. The zero-order valence-corrected chi connectivity index (χ0v) is 5.34. The van der Waals surface area contributed by atoms with Gasteiger partial charge in [0.25, 0.3) is 0 Å². The Bertz CT molecular complexity index is 117. The van der Waals surface area contributed by atoms with Crippen molar-refractivity contribution in [3.63, 3.8) is 0 Å². The highest BCUT2D eigenvalue weighted by atomic mass is 15.8. The van der Waals surface area contributed by atoms with Crippen molar-refractivity contribution in [3.8, 4) is 0 Å². The lowest BCUT2D eigenvalue weighted by Gasteiger charge is -2.23. The third-order valence-corrected chi connectivity index (χ3v) is 1.31. The van der Waals surface area contributed by atoms with Gasteiger partial charge in [-0.05, 0) is 13.8 Å². The van der Waals surface area contributed by atoms with Crippen LogP contribution in [0.5, 0.6) is 0 Å². The summed E-state index contributed by atoms with van der Waals surface area (Å²) in [5.74, 6) is 0. The molecule has 1 rings (SSSR count). The van der Waals surface area contributed by atoms with Crippen LogP contribution in [0, 0.1) is 0 Å². The molecule has 0 radical (unpaired) electrons. The number of rotatable bonds is 0. The van der Waals surface area contributed by atoms with Gasteiger partial charge in [-0.3, -0.25) is 10.4 Å². The van der Waals surface area contributed by atoms with Gasteiger partial charge in [0.2, 0.25) is 0 Å². The summed E-state index contributed by atoms with van der Waals surface area (Å²) in [4.78, 5) is 0. The molecule has 0 spiro atoms. The quantitative estimate of drug-likeness (QED) is 0.499. The topological polar surface area (TPSA) is 40.0 Å². The van der Waals surface area contributed by atoms with E-state index in [0.29, 0.717) is 0 Å². The minimum Gasteiger partial charge on any atom is -0.264 e. The molecule has 0 aromatic carbocycles. The van der Waals surface area contributed by atoms with Crippen molar-refractivity contribution in [2.75, 3.05) is 7.05 Å². The van der Waals surface area contributed by atoms with Crippen LogP contribution < -0.4 is 5.43 Å². The summed E-state index contributed by atoms with van der Waals surface area (Å²) >= 11 is 0. The summed E-state index contributed by atoms with van der Waals surface area (Å²) in [7, 11) is 1.88. The third-order valence-electron chi connectivity index (χ3n) is 1.31. The van der Waals surface area contributed by atoms with E-state index in [9.17, 15) is 0 Å². The van der Waals surface area contributed by atoms with E-state index in [-0.39, 0.29) is 5.66 Å². The first-order valence-electron chi connectivity index (χ1n) is 2.54. The number of hydrogen-bond donors (Lipinski definition) is 1. The van der Waals surface area contributed by atoms with Gasteiger partial charge in [-0.15, -0.1) is 0 Å². The van der Waals surface area contributed by atoms with E-state index in [1.807, 2.05) is 20.9 Å². The molecule has 0 saturated heterocycles. The minimum absolute atomic E-state index is 0.0972. The predicted octanol–water partition coefficient (Wildman–Crippen LogP) is 0.540. The van der Waals surface area contributed by atoms with Crippen LogP contribution in [0.1, 0.15) is 13.8 Å². The molecule has 1 N–H and O–H groups in total. The first-order valence-corrected chi connectivity index (χ1v) is 2.54. The van der Waals surface area contributed by atoms with Crippen molar-refractivity contribution in [2.45, 2.75) is 19.5 Å². The van der Waals surface area contributed by atoms with Gasteiger partial charge in [0.1, 0.15) is 5.66 Å². The van der Waals surface area contributed by atoms with E-state index >= 15 is 0 Å². The van der Waals surface area contributed by atoms with Crippen LogP contribution in [0.2, 0.25) is 0 Å². The molecule has 0 unspecified atom stereocenters. The van der Waals surface area contributed by atoms with E-state index < -0.39 is 0 Å². The molecule has 4 heteroatoms.